The van der Waals surface area contributed by atoms with E-state index in [4.69, 9.17) is 16.3 Å². The fourth-order valence-electron chi connectivity index (χ4n) is 4.59. The van der Waals surface area contributed by atoms with Gasteiger partial charge in [0.2, 0.25) is 5.91 Å². The number of aromatic nitrogens is 2. The molecule has 12 heteroatoms. The zero-order chi connectivity index (χ0) is 28.8. The smallest absolute Gasteiger partial charge is 0.410 e. The first-order valence-corrected chi connectivity index (χ1v) is 13.2. The first-order chi connectivity index (χ1) is 18.9. The lowest BCUT2D eigenvalue weighted by Crippen LogP contribution is -2.56. The molecule has 3 heterocycles. The van der Waals surface area contributed by atoms with E-state index < -0.39 is 23.4 Å². The third-order valence-corrected chi connectivity index (χ3v) is 6.98. The van der Waals surface area contributed by atoms with Gasteiger partial charge in [-0.05, 0) is 51.1 Å². The normalized spacial score (nSPS) is 14.8. The van der Waals surface area contributed by atoms with Crippen LogP contribution >= 0.6 is 11.6 Å². The van der Waals surface area contributed by atoms with Crippen LogP contribution in [0.25, 0.3) is 0 Å². The third-order valence-electron chi connectivity index (χ3n) is 6.75. The standard InChI is InChI=1S/C28H30ClFN6O4/c1-28(2,3)40-27(39)35-13-19(14-35)25(37)31-11-17-6-5-16(9-21(17)30)26(38)36-15-18-12-32-34(4)24(18)33-22-10-20(29)7-8-23(22)36/h5-10,12,19,33H,11,13-15H2,1-4H3,(H,31,37). The largest absolute Gasteiger partial charge is 0.444 e. The van der Waals surface area contributed by atoms with Crippen LogP contribution in [0.4, 0.5) is 26.4 Å². The van der Waals surface area contributed by atoms with Crippen molar-refractivity contribution < 1.29 is 23.5 Å². The number of aryl methyl sites for hydroxylation is 1. The number of ether oxygens (including phenoxy) is 1. The van der Waals surface area contributed by atoms with Crippen molar-refractivity contribution in [3.05, 3.63) is 70.1 Å². The molecule has 0 spiro atoms. The number of amides is 3. The van der Waals surface area contributed by atoms with Gasteiger partial charge in [-0.15, -0.1) is 0 Å². The minimum Gasteiger partial charge on any atom is -0.444 e. The topological polar surface area (TPSA) is 109 Å². The summed E-state index contributed by atoms with van der Waals surface area (Å²) in [5, 5.41) is 10.8. The van der Waals surface area contributed by atoms with Gasteiger partial charge in [0.1, 0.15) is 17.2 Å². The van der Waals surface area contributed by atoms with Crippen LogP contribution in [0, 0.1) is 11.7 Å². The van der Waals surface area contributed by atoms with Crippen LogP contribution in [0.3, 0.4) is 0 Å². The summed E-state index contributed by atoms with van der Waals surface area (Å²) < 4.78 is 22.1. The fourth-order valence-corrected chi connectivity index (χ4v) is 4.77. The van der Waals surface area contributed by atoms with Gasteiger partial charge in [0.15, 0.2) is 0 Å². The van der Waals surface area contributed by atoms with Crippen molar-refractivity contribution in [2.24, 2.45) is 13.0 Å². The number of nitrogens with one attached hydrogen (secondary N) is 2. The average molecular weight is 569 g/mol. The fraction of sp³-hybridized carbons (Fsp3) is 0.357. The molecule has 2 aromatic carbocycles. The van der Waals surface area contributed by atoms with Gasteiger partial charge in [-0.25, -0.2) is 9.18 Å². The molecule has 2 N–H and O–H groups in total. The molecule has 1 saturated heterocycles. The SMILES string of the molecule is Cn1ncc2c1Nc1cc(Cl)ccc1N(C(=O)c1ccc(CNC(=O)C3CN(C(=O)OC(C)(C)C)C3)c(F)c1)C2. The predicted octanol–water partition coefficient (Wildman–Crippen LogP) is 4.60. The molecule has 10 nitrogen and oxygen atoms in total. The molecule has 1 fully saturated rings. The Hall–Kier alpha value is -4.12. The Morgan fingerprint density at radius 3 is 2.62 bits per heavy atom. The number of halogens is 2. The molecule has 5 rings (SSSR count). The third kappa shape index (κ3) is 5.60. The Labute approximate surface area is 236 Å². The van der Waals surface area contributed by atoms with E-state index in [0.717, 1.165) is 11.4 Å². The summed E-state index contributed by atoms with van der Waals surface area (Å²) in [6, 6.07) is 9.36. The van der Waals surface area contributed by atoms with Crippen LogP contribution < -0.4 is 15.5 Å². The monoisotopic (exact) mass is 568 g/mol. The summed E-state index contributed by atoms with van der Waals surface area (Å²) in [5.41, 5.74) is 1.82. The number of nitrogens with zero attached hydrogens (tertiary/aromatic N) is 4. The summed E-state index contributed by atoms with van der Waals surface area (Å²) in [7, 11) is 1.79. The molecule has 2 aliphatic heterocycles. The van der Waals surface area contributed by atoms with E-state index in [1.807, 2.05) is 0 Å². The van der Waals surface area contributed by atoms with Gasteiger partial charge in [0.05, 0.1) is 30.0 Å². The molecule has 1 aromatic heterocycles. The number of hydrogen-bond donors (Lipinski definition) is 2. The zero-order valence-corrected chi connectivity index (χ0v) is 23.4. The molecular weight excluding hydrogens is 539 g/mol. The number of carbonyl (C=O) groups excluding carboxylic acids is 3. The molecule has 3 aromatic rings. The molecule has 40 heavy (non-hydrogen) atoms. The number of benzene rings is 2. The van der Waals surface area contributed by atoms with Gasteiger partial charge in [-0.3, -0.25) is 14.3 Å². The molecule has 3 amide bonds. The highest BCUT2D eigenvalue weighted by atomic mass is 35.5. The average Bonchev–Trinajstić information content (AvgIpc) is 3.09. The number of fused-ring (bicyclic) bond motifs is 2. The molecule has 0 aliphatic carbocycles. The molecular formula is C28H30ClFN6O4. The Kier molecular flexibility index (Phi) is 7.17. The molecule has 2 aliphatic rings. The van der Waals surface area contributed by atoms with Crippen molar-refractivity contribution in [3.63, 3.8) is 0 Å². The lowest BCUT2D eigenvalue weighted by Gasteiger charge is -2.38. The van der Waals surface area contributed by atoms with E-state index in [0.29, 0.717) is 16.4 Å². The summed E-state index contributed by atoms with van der Waals surface area (Å²) in [6.45, 7) is 6.00. The summed E-state index contributed by atoms with van der Waals surface area (Å²) in [6.07, 6.45) is 1.21. The van der Waals surface area contributed by atoms with Gasteiger partial charge >= 0.3 is 6.09 Å². The molecule has 0 unspecified atom stereocenters. The van der Waals surface area contributed by atoms with Crippen LogP contribution in [-0.4, -0.2) is 51.3 Å². The van der Waals surface area contributed by atoms with Crippen LogP contribution in [0.15, 0.2) is 42.6 Å². The second-order valence-electron chi connectivity index (χ2n) is 10.9. The lowest BCUT2D eigenvalue weighted by molar-refractivity contribution is -0.129. The van der Waals surface area contributed by atoms with Crippen molar-refractivity contribution in [2.75, 3.05) is 23.3 Å². The van der Waals surface area contributed by atoms with Crippen LogP contribution in [0.1, 0.15) is 42.3 Å². The minimum atomic E-state index is -0.613. The summed E-state index contributed by atoms with van der Waals surface area (Å²) in [5.74, 6) is -0.940. The maximum Gasteiger partial charge on any atom is 0.410 e. The van der Waals surface area contributed by atoms with Crippen LogP contribution in [-0.2, 0) is 29.7 Å². The predicted molar refractivity (Wildman–Crippen MR) is 148 cm³/mol. The Balaban J connectivity index is 1.25. The molecule has 210 valence electrons. The summed E-state index contributed by atoms with van der Waals surface area (Å²) >= 11 is 6.21. The van der Waals surface area contributed by atoms with Gasteiger partial charge in [-0.2, -0.15) is 5.10 Å². The second kappa shape index (κ2) is 10.5. The maximum absolute atomic E-state index is 15.1. The molecule has 0 atom stereocenters. The van der Waals surface area contributed by atoms with E-state index in [9.17, 15) is 14.4 Å². The first-order valence-electron chi connectivity index (χ1n) is 12.8. The van der Waals surface area contributed by atoms with E-state index >= 15 is 4.39 Å². The van der Waals surface area contributed by atoms with Gasteiger partial charge in [0.25, 0.3) is 5.91 Å². The van der Waals surface area contributed by atoms with Crippen molar-refractivity contribution in [1.82, 2.24) is 20.0 Å². The molecule has 0 radical (unpaired) electrons. The second-order valence-corrected chi connectivity index (χ2v) is 11.4. The quantitative estimate of drug-likeness (QED) is 0.476. The Morgan fingerprint density at radius 1 is 1.18 bits per heavy atom. The van der Waals surface area contributed by atoms with Crippen LogP contribution in [0.5, 0.6) is 0 Å². The molecule has 0 bridgehead atoms. The Bertz CT molecular complexity index is 1490. The minimum absolute atomic E-state index is 0.0455. The van der Waals surface area contributed by atoms with E-state index in [2.05, 4.69) is 15.7 Å². The van der Waals surface area contributed by atoms with Crippen molar-refractivity contribution in [2.45, 2.75) is 39.5 Å². The Morgan fingerprint density at radius 2 is 1.93 bits per heavy atom. The van der Waals surface area contributed by atoms with E-state index in [1.165, 1.54) is 17.0 Å². The molecule has 0 saturated carbocycles. The number of anilines is 3. The van der Waals surface area contributed by atoms with Gasteiger partial charge in [-0.1, -0.05) is 17.7 Å². The van der Waals surface area contributed by atoms with Gasteiger partial charge < -0.3 is 25.2 Å². The van der Waals surface area contributed by atoms with Crippen molar-refractivity contribution in [1.29, 1.82) is 0 Å². The highest BCUT2D eigenvalue weighted by Gasteiger charge is 2.37. The number of likely N-dealkylation sites (tertiary alicyclic amines) is 1. The lowest BCUT2D eigenvalue weighted by atomic mass is 9.99. The number of hydrogen-bond acceptors (Lipinski definition) is 6. The maximum atomic E-state index is 15.1. The van der Waals surface area contributed by atoms with Crippen molar-refractivity contribution in [3.8, 4) is 0 Å². The number of rotatable bonds is 4. The van der Waals surface area contributed by atoms with E-state index in [-0.39, 0.29) is 49.1 Å². The number of carbonyl (C=O) groups is 3. The van der Waals surface area contributed by atoms with Crippen LogP contribution in [0.2, 0.25) is 5.02 Å². The highest BCUT2D eigenvalue weighted by Crippen LogP contribution is 2.38. The van der Waals surface area contributed by atoms with Crippen molar-refractivity contribution >= 4 is 46.7 Å². The van der Waals surface area contributed by atoms with Gasteiger partial charge in [0, 0.05) is 48.4 Å². The first kappa shape index (κ1) is 27.4. The summed E-state index contributed by atoms with van der Waals surface area (Å²) in [4.78, 5) is 41.2. The zero-order valence-electron chi connectivity index (χ0n) is 22.6. The highest BCUT2D eigenvalue weighted by molar-refractivity contribution is 6.31. The van der Waals surface area contributed by atoms with E-state index in [1.54, 1.807) is 67.9 Å².